The number of hydrogen-bond donors (Lipinski definition) is 2. The van der Waals surface area contributed by atoms with Crippen LogP contribution < -0.4 is 10.6 Å². The molecule has 0 radical (unpaired) electrons. The summed E-state index contributed by atoms with van der Waals surface area (Å²) in [6, 6.07) is 0. The van der Waals surface area contributed by atoms with Gasteiger partial charge in [0.05, 0.1) is 18.1 Å². The maximum atomic E-state index is 11.8. The molecule has 7 nitrogen and oxygen atoms in total. The minimum atomic E-state index is -2.99. The average molecular weight is 300 g/mol. The van der Waals surface area contributed by atoms with Crippen LogP contribution in [0.1, 0.15) is 30.3 Å². The lowest BCUT2D eigenvalue weighted by molar-refractivity contribution is 0.0948. The Morgan fingerprint density at radius 3 is 2.70 bits per heavy atom. The van der Waals surface area contributed by atoms with Crippen LogP contribution in [0.25, 0.3) is 0 Å². The number of anilines is 1. The first-order valence-corrected chi connectivity index (χ1v) is 8.50. The predicted molar refractivity (Wildman–Crippen MR) is 77.5 cm³/mol. The molecular weight excluding hydrogens is 280 g/mol. The summed E-state index contributed by atoms with van der Waals surface area (Å²) >= 11 is 0. The van der Waals surface area contributed by atoms with Crippen molar-refractivity contribution in [2.24, 2.45) is 0 Å². The summed E-state index contributed by atoms with van der Waals surface area (Å²) in [5.74, 6) is 0.249. The quantitative estimate of drug-likeness (QED) is 0.677. The van der Waals surface area contributed by atoms with Gasteiger partial charge in [-0.3, -0.25) is 9.78 Å². The fourth-order valence-electron chi connectivity index (χ4n) is 1.44. The number of hydrogen-bond acceptors (Lipinski definition) is 6. The van der Waals surface area contributed by atoms with E-state index < -0.39 is 9.84 Å². The van der Waals surface area contributed by atoms with Crippen LogP contribution in [0.2, 0.25) is 0 Å². The van der Waals surface area contributed by atoms with Gasteiger partial charge in [-0.2, -0.15) is 0 Å². The largest absolute Gasteiger partial charge is 0.369 e. The van der Waals surface area contributed by atoms with Crippen molar-refractivity contribution in [2.75, 3.05) is 30.4 Å². The van der Waals surface area contributed by atoms with Crippen molar-refractivity contribution in [2.45, 2.75) is 19.8 Å². The molecule has 0 aliphatic carbocycles. The summed E-state index contributed by atoms with van der Waals surface area (Å²) in [5, 5.41) is 5.67. The lowest BCUT2D eigenvalue weighted by Crippen LogP contribution is -2.27. The van der Waals surface area contributed by atoms with Gasteiger partial charge in [-0.25, -0.2) is 13.4 Å². The van der Waals surface area contributed by atoms with Crippen LogP contribution in [-0.2, 0) is 9.84 Å². The maximum Gasteiger partial charge on any atom is 0.271 e. The van der Waals surface area contributed by atoms with Crippen LogP contribution in [0.5, 0.6) is 0 Å². The molecule has 1 amide bonds. The second-order valence-corrected chi connectivity index (χ2v) is 6.72. The van der Waals surface area contributed by atoms with Crippen molar-refractivity contribution in [3.8, 4) is 0 Å². The minimum absolute atomic E-state index is 0.0526. The fraction of sp³-hybridized carbons (Fsp3) is 0.583. The van der Waals surface area contributed by atoms with E-state index in [0.717, 1.165) is 13.0 Å². The third kappa shape index (κ3) is 6.46. The van der Waals surface area contributed by atoms with E-state index in [1.165, 1.54) is 12.5 Å². The molecule has 1 rings (SSSR count). The van der Waals surface area contributed by atoms with Gasteiger partial charge in [0.1, 0.15) is 21.3 Å². The van der Waals surface area contributed by atoms with E-state index in [2.05, 4.69) is 20.6 Å². The van der Waals surface area contributed by atoms with Gasteiger partial charge in [-0.1, -0.05) is 6.92 Å². The summed E-state index contributed by atoms with van der Waals surface area (Å²) in [5.41, 5.74) is 0.213. The summed E-state index contributed by atoms with van der Waals surface area (Å²) in [7, 11) is -2.99. The van der Waals surface area contributed by atoms with Gasteiger partial charge in [-0.15, -0.1) is 0 Å². The summed E-state index contributed by atoms with van der Waals surface area (Å²) in [4.78, 5) is 19.9. The standard InChI is InChI=1S/C12H20N4O3S/c1-3-5-14-11-9-13-8-10(16-11)12(17)15-6-4-7-20(2,18)19/h8-9H,3-7H2,1-2H3,(H,14,16)(H,15,17). The monoisotopic (exact) mass is 300 g/mol. The Balaban J connectivity index is 2.46. The zero-order valence-electron chi connectivity index (χ0n) is 11.7. The molecule has 0 saturated heterocycles. The third-order valence-corrected chi connectivity index (χ3v) is 3.43. The van der Waals surface area contributed by atoms with E-state index in [9.17, 15) is 13.2 Å². The number of nitrogens with one attached hydrogen (secondary N) is 2. The first-order valence-electron chi connectivity index (χ1n) is 6.44. The first-order chi connectivity index (χ1) is 9.42. The summed E-state index contributed by atoms with van der Waals surface area (Å²) in [6.07, 6.45) is 5.43. The van der Waals surface area contributed by atoms with Gasteiger partial charge >= 0.3 is 0 Å². The van der Waals surface area contributed by atoms with Crippen molar-refractivity contribution in [1.29, 1.82) is 0 Å². The molecule has 2 N–H and O–H groups in total. The molecule has 0 spiro atoms. The van der Waals surface area contributed by atoms with E-state index in [1.54, 1.807) is 6.20 Å². The Morgan fingerprint density at radius 1 is 1.30 bits per heavy atom. The van der Waals surface area contributed by atoms with Gasteiger partial charge in [0.25, 0.3) is 5.91 Å². The van der Waals surface area contributed by atoms with Gasteiger partial charge in [0.2, 0.25) is 0 Å². The molecule has 0 aliphatic heterocycles. The van der Waals surface area contributed by atoms with Crippen LogP contribution in [0.4, 0.5) is 5.82 Å². The van der Waals surface area contributed by atoms with E-state index in [1.807, 2.05) is 6.92 Å². The highest BCUT2D eigenvalue weighted by Crippen LogP contribution is 2.02. The molecule has 1 aromatic rings. The van der Waals surface area contributed by atoms with Crippen molar-refractivity contribution in [3.05, 3.63) is 18.1 Å². The average Bonchev–Trinajstić information content (AvgIpc) is 2.40. The zero-order chi connectivity index (χ0) is 15.0. The Morgan fingerprint density at radius 2 is 2.05 bits per heavy atom. The van der Waals surface area contributed by atoms with Crippen molar-refractivity contribution < 1.29 is 13.2 Å². The molecule has 0 aromatic carbocycles. The molecule has 1 heterocycles. The number of rotatable bonds is 8. The normalized spacial score (nSPS) is 11.1. The molecule has 1 aromatic heterocycles. The van der Waals surface area contributed by atoms with Gasteiger partial charge in [0, 0.05) is 19.3 Å². The first kappa shape index (κ1) is 16.4. The SMILES string of the molecule is CCCNc1cncc(C(=O)NCCCS(C)(=O)=O)n1. The lowest BCUT2D eigenvalue weighted by atomic mass is 10.4. The molecular formula is C12H20N4O3S. The van der Waals surface area contributed by atoms with Crippen LogP contribution in [0.3, 0.4) is 0 Å². The molecule has 0 atom stereocenters. The smallest absolute Gasteiger partial charge is 0.271 e. The van der Waals surface area contributed by atoms with E-state index >= 15 is 0 Å². The molecule has 112 valence electrons. The summed E-state index contributed by atoms with van der Waals surface area (Å²) < 4.78 is 21.9. The number of carbonyl (C=O) groups excluding carboxylic acids is 1. The number of amides is 1. The number of aromatic nitrogens is 2. The maximum absolute atomic E-state index is 11.8. The third-order valence-electron chi connectivity index (χ3n) is 2.40. The van der Waals surface area contributed by atoms with E-state index in [-0.39, 0.29) is 17.4 Å². The lowest BCUT2D eigenvalue weighted by Gasteiger charge is -2.06. The van der Waals surface area contributed by atoms with Crippen molar-refractivity contribution in [3.63, 3.8) is 0 Å². The Labute approximate surface area is 119 Å². The Bertz CT molecular complexity index is 545. The topological polar surface area (TPSA) is 101 Å². The van der Waals surface area contributed by atoms with E-state index in [4.69, 9.17) is 0 Å². The fourth-order valence-corrected chi connectivity index (χ4v) is 2.11. The number of sulfone groups is 1. The molecule has 0 aliphatic rings. The highest BCUT2D eigenvalue weighted by Gasteiger charge is 2.09. The minimum Gasteiger partial charge on any atom is -0.369 e. The van der Waals surface area contributed by atoms with Gasteiger partial charge < -0.3 is 10.6 Å². The second kappa shape index (κ2) is 7.78. The van der Waals surface area contributed by atoms with Crippen molar-refractivity contribution >= 4 is 21.6 Å². The second-order valence-electron chi connectivity index (χ2n) is 4.46. The molecule has 0 saturated carbocycles. The van der Waals surface area contributed by atoms with Crippen LogP contribution in [0.15, 0.2) is 12.4 Å². The van der Waals surface area contributed by atoms with Crippen LogP contribution >= 0.6 is 0 Å². The van der Waals surface area contributed by atoms with Crippen LogP contribution in [-0.4, -0.2) is 49.4 Å². The molecule has 0 bridgehead atoms. The Kier molecular flexibility index (Phi) is 6.37. The van der Waals surface area contributed by atoms with Gasteiger partial charge in [-0.05, 0) is 12.8 Å². The zero-order valence-corrected chi connectivity index (χ0v) is 12.5. The molecule has 20 heavy (non-hydrogen) atoms. The number of carbonyl (C=O) groups is 1. The van der Waals surface area contributed by atoms with Crippen molar-refractivity contribution in [1.82, 2.24) is 15.3 Å². The van der Waals surface area contributed by atoms with E-state index in [0.29, 0.717) is 18.8 Å². The van der Waals surface area contributed by atoms with Gasteiger partial charge in [0.15, 0.2) is 0 Å². The molecule has 0 unspecified atom stereocenters. The highest BCUT2D eigenvalue weighted by atomic mass is 32.2. The predicted octanol–water partition coefficient (Wildman–Crippen LogP) is 0.463. The Hall–Kier alpha value is -1.70. The molecule has 8 heteroatoms. The highest BCUT2D eigenvalue weighted by molar-refractivity contribution is 7.90. The van der Waals surface area contributed by atoms with Crippen LogP contribution in [0, 0.1) is 0 Å². The summed E-state index contributed by atoms with van der Waals surface area (Å²) in [6.45, 7) is 3.08. The number of nitrogens with zero attached hydrogens (tertiary/aromatic N) is 2. The molecule has 0 fully saturated rings.